The molecule has 0 aliphatic carbocycles. The third-order valence-electron chi connectivity index (χ3n) is 6.72. The summed E-state index contributed by atoms with van der Waals surface area (Å²) in [5, 5.41) is 3.80. The fraction of sp³-hybridized carbons (Fsp3) is 0.348. The monoisotopic (exact) mass is 389 g/mol. The number of aromatic nitrogens is 1. The van der Waals surface area contributed by atoms with Crippen molar-refractivity contribution in [2.75, 3.05) is 25.0 Å². The summed E-state index contributed by atoms with van der Waals surface area (Å²) in [6, 6.07) is 16.2. The Bertz CT molecular complexity index is 1060. The van der Waals surface area contributed by atoms with Gasteiger partial charge in [0.15, 0.2) is 5.76 Å². The van der Waals surface area contributed by atoms with Gasteiger partial charge in [-0.15, -0.1) is 0 Å². The van der Waals surface area contributed by atoms with Gasteiger partial charge in [-0.2, -0.15) is 0 Å². The minimum absolute atomic E-state index is 0.0313. The molecule has 1 aromatic carbocycles. The molecule has 5 heterocycles. The maximum atomic E-state index is 12.6. The molecule has 3 aromatic rings. The minimum Gasteiger partial charge on any atom is -0.459 e. The van der Waals surface area contributed by atoms with Crippen molar-refractivity contribution in [2.45, 2.75) is 30.4 Å². The van der Waals surface area contributed by atoms with Crippen molar-refractivity contribution < 1.29 is 13.9 Å². The Balaban J connectivity index is 1.25. The van der Waals surface area contributed by atoms with E-state index in [4.69, 9.17) is 9.15 Å². The molecule has 2 fully saturated rings. The van der Waals surface area contributed by atoms with Gasteiger partial charge in [0, 0.05) is 25.7 Å². The highest BCUT2D eigenvalue weighted by Crippen LogP contribution is 2.50. The Labute approximate surface area is 169 Å². The van der Waals surface area contributed by atoms with Gasteiger partial charge in [0.2, 0.25) is 0 Å². The lowest BCUT2D eigenvalue weighted by Crippen LogP contribution is -2.48. The first-order valence-electron chi connectivity index (χ1n) is 10.2. The summed E-state index contributed by atoms with van der Waals surface area (Å²) in [6.07, 6.45) is 6.26. The number of anilines is 1. The van der Waals surface area contributed by atoms with Crippen LogP contribution in [0, 0.1) is 0 Å². The number of amides is 1. The molecule has 2 spiro atoms. The number of piperidine rings is 1. The molecule has 0 radical (unpaired) electrons. The zero-order valence-corrected chi connectivity index (χ0v) is 16.1. The summed E-state index contributed by atoms with van der Waals surface area (Å²) >= 11 is 0. The lowest BCUT2D eigenvalue weighted by molar-refractivity contribution is -0.0396. The highest BCUT2D eigenvalue weighted by atomic mass is 16.5. The summed E-state index contributed by atoms with van der Waals surface area (Å²) in [5.41, 5.74) is 3.14. The molecule has 0 bridgehead atoms. The number of likely N-dealkylation sites (tertiary alicyclic amines) is 1. The van der Waals surface area contributed by atoms with Gasteiger partial charge in [0.1, 0.15) is 5.54 Å². The predicted molar refractivity (Wildman–Crippen MR) is 108 cm³/mol. The summed E-state index contributed by atoms with van der Waals surface area (Å²) < 4.78 is 14.1. The second kappa shape index (κ2) is 6.00. The fourth-order valence-corrected chi connectivity index (χ4v) is 5.26. The Hall–Kier alpha value is -2.99. The van der Waals surface area contributed by atoms with Crippen LogP contribution in [0.15, 0.2) is 65.4 Å². The van der Waals surface area contributed by atoms with E-state index in [-0.39, 0.29) is 17.0 Å². The van der Waals surface area contributed by atoms with E-state index < -0.39 is 0 Å². The highest BCUT2D eigenvalue weighted by molar-refractivity contribution is 5.91. The number of nitrogens with zero attached hydrogens (tertiary/aromatic N) is 2. The van der Waals surface area contributed by atoms with Crippen LogP contribution in [-0.4, -0.2) is 40.7 Å². The van der Waals surface area contributed by atoms with Crippen LogP contribution in [0.2, 0.25) is 0 Å². The first kappa shape index (κ1) is 16.9. The number of hydrogen-bond donors (Lipinski definition) is 1. The molecule has 0 saturated carbocycles. The van der Waals surface area contributed by atoms with Crippen LogP contribution >= 0.6 is 0 Å². The molecular formula is C23H23N3O3. The largest absolute Gasteiger partial charge is 0.459 e. The topological polar surface area (TPSA) is 59.6 Å². The molecule has 3 aliphatic heterocycles. The van der Waals surface area contributed by atoms with Crippen molar-refractivity contribution in [3.05, 3.63) is 72.4 Å². The molecule has 0 unspecified atom stereocenters. The lowest BCUT2D eigenvalue weighted by Gasteiger charge is -2.41. The van der Waals surface area contributed by atoms with Crippen LogP contribution in [0.3, 0.4) is 0 Å². The van der Waals surface area contributed by atoms with Crippen LogP contribution < -0.4 is 5.32 Å². The number of hydrogen-bond acceptors (Lipinski definition) is 4. The van der Waals surface area contributed by atoms with Crippen molar-refractivity contribution in [2.24, 2.45) is 0 Å². The van der Waals surface area contributed by atoms with Gasteiger partial charge in [-0.1, -0.05) is 12.1 Å². The molecule has 148 valence electrons. The number of furan rings is 1. The van der Waals surface area contributed by atoms with E-state index in [1.165, 1.54) is 11.4 Å². The predicted octanol–water partition coefficient (Wildman–Crippen LogP) is 3.79. The molecule has 3 aliphatic rings. The van der Waals surface area contributed by atoms with Gasteiger partial charge in [-0.3, -0.25) is 4.79 Å². The maximum absolute atomic E-state index is 12.6. The van der Waals surface area contributed by atoms with Crippen molar-refractivity contribution in [3.63, 3.8) is 0 Å². The standard InChI is InChI=1S/C23H23N3O3/c27-21(19-7-4-14-28-19)25-12-9-22(10-13-25)15-23(16-29-22)20-8-3-11-26(20)18-6-2-1-5-17(18)24-23/h1-8,11,14,24H,9-10,12-13,15-16H2/t23-/m0/s1. The molecular weight excluding hydrogens is 366 g/mol. The third kappa shape index (κ3) is 2.48. The molecule has 1 atom stereocenters. The highest BCUT2D eigenvalue weighted by Gasteiger charge is 2.54. The molecule has 6 heteroatoms. The normalized spacial score (nSPS) is 24.3. The number of fused-ring (bicyclic) bond motifs is 4. The van der Waals surface area contributed by atoms with E-state index >= 15 is 0 Å². The summed E-state index contributed by atoms with van der Waals surface area (Å²) in [5.74, 6) is 0.379. The van der Waals surface area contributed by atoms with Gasteiger partial charge in [0.05, 0.1) is 35.5 Å². The zero-order chi connectivity index (χ0) is 19.5. The van der Waals surface area contributed by atoms with Gasteiger partial charge in [-0.05, 0) is 49.2 Å². The number of para-hydroxylation sites is 2. The molecule has 2 aromatic heterocycles. The van der Waals surface area contributed by atoms with E-state index in [1.807, 2.05) is 4.90 Å². The molecule has 2 saturated heterocycles. The van der Waals surface area contributed by atoms with Crippen molar-refractivity contribution in [3.8, 4) is 5.69 Å². The summed E-state index contributed by atoms with van der Waals surface area (Å²) in [4.78, 5) is 14.5. The van der Waals surface area contributed by atoms with E-state index in [0.29, 0.717) is 25.5 Å². The van der Waals surface area contributed by atoms with Crippen molar-refractivity contribution in [1.29, 1.82) is 0 Å². The zero-order valence-electron chi connectivity index (χ0n) is 16.1. The Kier molecular flexibility index (Phi) is 3.50. The van der Waals surface area contributed by atoms with Crippen LogP contribution in [0.1, 0.15) is 35.5 Å². The maximum Gasteiger partial charge on any atom is 0.289 e. The molecule has 1 amide bonds. The number of ether oxygens (including phenoxy) is 1. The quantitative estimate of drug-likeness (QED) is 0.688. The van der Waals surface area contributed by atoms with E-state index in [1.54, 1.807) is 18.4 Å². The summed E-state index contributed by atoms with van der Waals surface area (Å²) in [7, 11) is 0. The minimum atomic E-state index is -0.231. The number of rotatable bonds is 1. The average molecular weight is 389 g/mol. The number of benzene rings is 1. The lowest BCUT2D eigenvalue weighted by atomic mass is 9.79. The smallest absolute Gasteiger partial charge is 0.289 e. The van der Waals surface area contributed by atoms with Gasteiger partial charge in [-0.25, -0.2) is 0 Å². The number of carbonyl (C=O) groups excluding carboxylic acids is 1. The van der Waals surface area contributed by atoms with E-state index in [2.05, 4.69) is 52.5 Å². The first-order chi connectivity index (χ1) is 14.2. The van der Waals surface area contributed by atoms with Crippen LogP contribution in [0.5, 0.6) is 0 Å². The molecule has 29 heavy (non-hydrogen) atoms. The molecule has 6 nitrogen and oxygen atoms in total. The van der Waals surface area contributed by atoms with Gasteiger partial charge >= 0.3 is 0 Å². The SMILES string of the molecule is O=C(c1ccco1)N1CCC2(CC1)C[C@@]1(CO2)Nc2ccccc2-n2cccc21. The second-order valence-electron chi connectivity index (χ2n) is 8.41. The van der Waals surface area contributed by atoms with Crippen LogP contribution in [0.25, 0.3) is 5.69 Å². The Morgan fingerprint density at radius 1 is 1.03 bits per heavy atom. The van der Waals surface area contributed by atoms with E-state index in [0.717, 1.165) is 24.9 Å². The van der Waals surface area contributed by atoms with Crippen LogP contribution in [0.4, 0.5) is 5.69 Å². The first-order valence-corrected chi connectivity index (χ1v) is 10.2. The number of carbonyl (C=O) groups is 1. The second-order valence-corrected chi connectivity index (χ2v) is 8.41. The van der Waals surface area contributed by atoms with Crippen molar-refractivity contribution >= 4 is 11.6 Å². The van der Waals surface area contributed by atoms with E-state index in [9.17, 15) is 4.79 Å². The number of nitrogens with one attached hydrogen (secondary N) is 1. The third-order valence-corrected chi connectivity index (χ3v) is 6.72. The van der Waals surface area contributed by atoms with Crippen molar-refractivity contribution in [1.82, 2.24) is 9.47 Å². The molecule has 1 N–H and O–H groups in total. The molecule has 6 rings (SSSR count). The van der Waals surface area contributed by atoms with Crippen LogP contribution in [-0.2, 0) is 10.3 Å². The summed E-state index contributed by atoms with van der Waals surface area (Å²) in [6.45, 7) is 2.01. The average Bonchev–Trinajstić information content (AvgIpc) is 3.50. The van der Waals surface area contributed by atoms with Gasteiger partial charge in [0.25, 0.3) is 5.91 Å². The van der Waals surface area contributed by atoms with Gasteiger partial charge < -0.3 is 23.9 Å². The Morgan fingerprint density at radius 2 is 1.90 bits per heavy atom. The fourth-order valence-electron chi connectivity index (χ4n) is 5.26. The Morgan fingerprint density at radius 3 is 2.72 bits per heavy atom.